The van der Waals surface area contributed by atoms with E-state index in [0.29, 0.717) is 14.8 Å². The van der Waals surface area contributed by atoms with Crippen LogP contribution < -0.4 is 10.1 Å². The van der Waals surface area contributed by atoms with Gasteiger partial charge >= 0.3 is 5.97 Å². The summed E-state index contributed by atoms with van der Waals surface area (Å²) in [6, 6.07) is 7.37. The summed E-state index contributed by atoms with van der Waals surface area (Å²) in [5.41, 5.74) is -2.00. The van der Waals surface area contributed by atoms with Crippen LogP contribution >= 0.6 is 22.9 Å². The van der Waals surface area contributed by atoms with Gasteiger partial charge in [-0.2, -0.15) is 0 Å². The average molecular weight is 455 g/mol. The summed E-state index contributed by atoms with van der Waals surface area (Å²) >= 11 is 6.93. The van der Waals surface area contributed by atoms with Crippen LogP contribution in [0.25, 0.3) is 0 Å². The number of hydrogen-bond donors (Lipinski definition) is 1. The molecule has 8 nitrogen and oxygen atoms in total. The van der Waals surface area contributed by atoms with Crippen LogP contribution in [0.5, 0.6) is 5.75 Å². The third kappa shape index (κ3) is 6.43. The Labute approximate surface area is 183 Å². The average Bonchev–Trinajstić information content (AvgIpc) is 3.05. The molecule has 1 aromatic heterocycles. The number of nitrogens with one attached hydrogen (secondary N) is 1. The van der Waals surface area contributed by atoms with Gasteiger partial charge in [0.2, 0.25) is 0 Å². The van der Waals surface area contributed by atoms with E-state index in [1.807, 2.05) is 0 Å². The number of nitro benzene ring substituents is 1. The molecule has 0 aliphatic heterocycles. The molecule has 0 spiro atoms. The van der Waals surface area contributed by atoms with Gasteiger partial charge in [0, 0.05) is 12.1 Å². The summed E-state index contributed by atoms with van der Waals surface area (Å²) in [5.74, 6) is -0.839. The molecule has 0 unspecified atom stereocenters. The van der Waals surface area contributed by atoms with Crippen molar-refractivity contribution in [3.8, 4) is 5.75 Å². The fourth-order valence-corrected chi connectivity index (χ4v) is 3.32. The number of halogens is 1. The number of carbonyl (C=O) groups excluding carboxylic acids is 2. The van der Waals surface area contributed by atoms with Crippen molar-refractivity contribution >= 4 is 40.5 Å². The summed E-state index contributed by atoms with van der Waals surface area (Å²) in [6.45, 7) is 8.19. The summed E-state index contributed by atoms with van der Waals surface area (Å²) in [6.07, 6.45) is 0. The highest BCUT2D eigenvalue weighted by molar-refractivity contribution is 7.17. The highest BCUT2D eigenvalue weighted by Crippen LogP contribution is 2.29. The number of thiophene rings is 1. The zero-order valence-corrected chi connectivity index (χ0v) is 18.8. The van der Waals surface area contributed by atoms with Gasteiger partial charge in [0.05, 0.1) is 20.2 Å². The second-order valence-corrected chi connectivity index (χ2v) is 9.66. The number of nitrogens with zero attached hydrogens (tertiary/aromatic N) is 1. The van der Waals surface area contributed by atoms with Gasteiger partial charge in [0.1, 0.15) is 11.4 Å². The van der Waals surface area contributed by atoms with Gasteiger partial charge in [-0.1, -0.05) is 11.6 Å². The Kier molecular flexibility index (Phi) is 7.10. The summed E-state index contributed by atoms with van der Waals surface area (Å²) in [4.78, 5) is 35.8. The van der Waals surface area contributed by atoms with Gasteiger partial charge < -0.3 is 14.8 Å². The molecule has 0 saturated carbocycles. The monoisotopic (exact) mass is 454 g/mol. The zero-order valence-electron chi connectivity index (χ0n) is 17.3. The Morgan fingerprint density at radius 1 is 1.17 bits per heavy atom. The molecule has 2 aromatic rings. The van der Waals surface area contributed by atoms with Crippen molar-refractivity contribution in [2.45, 2.75) is 52.4 Å². The number of rotatable bonds is 7. The Balaban J connectivity index is 2.15. The van der Waals surface area contributed by atoms with Crippen molar-refractivity contribution in [1.29, 1.82) is 0 Å². The predicted molar refractivity (Wildman–Crippen MR) is 114 cm³/mol. The third-order valence-electron chi connectivity index (χ3n) is 3.75. The van der Waals surface area contributed by atoms with Crippen LogP contribution in [0.15, 0.2) is 30.3 Å². The fourth-order valence-electron chi connectivity index (χ4n) is 2.36. The standard InChI is InChI=1S/C20H23ClN2O6S/c1-19(2,3)29-18(25)20(4,5)28-13-7-6-12(14(10-13)23(26)27)11-22-17(24)15-8-9-16(21)30-15/h6-10H,11H2,1-5H3,(H,22,24). The van der Waals surface area contributed by atoms with Crippen molar-refractivity contribution < 1.29 is 24.0 Å². The summed E-state index contributed by atoms with van der Waals surface area (Å²) in [5, 5.41) is 14.1. The molecule has 30 heavy (non-hydrogen) atoms. The van der Waals surface area contributed by atoms with E-state index in [2.05, 4.69) is 5.32 Å². The topological polar surface area (TPSA) is 108 Å². The van der Waals surface area contributed by atoms with Crippen LogP contribution in [0.1, 0.15) is 49.9 Å². The maximum absolute atomic E-state index is 12.3. The molecule has 0 radical (unpaired) electrons. The smallest absolute Gasteiger partial charge is 0.350 e. The number of carbonyl (C=O) groups is 2. The summed E-state index contributed by atoms with van der Waals surface area (Å²) in [7, 11) is 0. The molecule has 0 fully saturated rings. The lowest BCUT2D eigenvalue weighted by molar-refractivity contribution is -0.385. The van der Waals surface area contributed by atoms with Gasteiger partial charge in [-0.15, -0.1) is 11.3 Å². The van der Waals surface area contributed by atoms with Crippen LogP contribution in [0.3, 0.4) is 0 Å². The Morgan fingerprint density at radius 2 is 1.83 bits per heavy atom. The van der Waals surface area contributed by atoms with Crippen molar-refractivity contribution in [3.05, 3.63) is 55.2 Å². The Hall–Kier alpha value is -2.65. The molecule has 0 atom stereocenters. The van der Waals surface area contributed by atoms with E-state index in [4.69, 9.17) is 21.1 Å². The zero-order chi connectivity index (χ0) is 22.7. The van der Waals surface area contributed by atoms with Gasteiger partial charge in [-0.3, -0.25) is 14.9 Å². The molecule has 10 heteroatoms. The van der Waals surface area contributed by atoms with Crippen molar-refractivity contribution in [3.63, 3.8) is 0 Å². The van der Waals surface area contributed by atoms with Crippen molar-refractivity contribution in [2.75, 3.05) is 0 Å². The lowest BCUT2D eigenvalue weighted by Gasteiger charge is -2.29. The van der Waals surface area contributed by atoms with Gasteiger partial charge in [-0.25, -0.2) is 4.79 Å². The number of nitro groups is 1. The van der Waals surface area contributed by atoms with Crippen LogP contribution in [0.2, 0.25) is 4.34 Å². The fraction of sp³-hybridized carbons (Fsp3) is 0.400. The highest BCUT2D eigenvalue weighted by atomic mass is 35.5. The first-order valence-electron chi connectivity index (χ1n) is 9.02. The Bertz CT molecular complexity index is 964. The highest BCUT2D eigenvalue weighted by Gasteiger charge is 2.35. The molecule has 1 heterocycles. The molecule has 0 saturated heterocycles. The minimum Gasteiger partial charge on any atom is -0.476 e. The largest absolute Gasteiger partial charge is 0.476 e. The number of amides is 1. The lowest BCUT2D eigenvalue weighted by atomic mass is 10.1. The molecule has 162 valence electrons. The van der Waals surface area contributed by atoms with Gasteiger partial charge in [-0.05, 0) is 58.9 Å². The first kappa shape index (κ1) is 23.6. The first-order valence-corrected chi connectivity index (χ1v) is 10.2. The molecule has 1 amide bonds. The maximum atomic E-state index is 12.3. The van der Waals surface area contributed by atoms with Crippen molar-refractivity contribution in [2.24, 2.45) is 0 Å². The van der Waals surface area contributed by atoms with E-state index < -0.39 is 22.1 Å². The SMILES string of the molecule is CC(C)(C)OC(=O)C(C)(C)Oc1ccc(CNC(=O)c2ccc(Cl)s2)c([N+](=O)[O-])c1. The van der Waals surface area contributed by atoms with E-state index in [1.54, 1.807) is 32.9 Å². The normalized spacial score (nSPS) is 11.7. The molecule has 1 N–H and O–H groups in total. The molecule has 0 aliphatic rings. The van der Waals surface area contributed by atoms with E-state index in [0.717, 1.165) is 11.3 Å². The van der Waals surface area contributed by atoms with Crippen LogP contribution in [0.4, 0.5) is 5.69 Å². The van der Waals surface area contributed by atoms with E-state index in [9.17, 15) is 19.7 Å². The first-order chi connectivity index (χ1) is 13.8. The maximum Gasteiger partial charge on any atom is 0.350 e. The number of ether oxygens (including phenoxy) is 2. The van der Waals surface area contributed by atoms with E-state index in [1.165, 1.54) is 32.0 Å². The van der Waals surface area contributed by atoms with Gasteiger partial charge in [0.25, 0.3) is 11.6 Å². The number of esters is 1. The molecular formula is C20H23ClN2O6S. The predicted octanol–water partition coefficient (Wildman–Crippen LogP) is 4.74. The van der Waals surface area contributed by atoms with Crippen LogP contribution in [-0.4, -0.2) is 28.0 Å². The van der Waals surface area contributed by atoms with Crippen molar-refractivity contribution in [1.82, 2.24) is 5.32 Å². The van der Waals surface area contributed by atoms with E-state index >= 15 is 0 Å². The number of benzene rings is 1. The summed E-state index contributed by atoms with van der Waals surface area (Å²) < 4.78 is 11.5. The van der Waals surface area contributed by atoms with Gasteiger partial charge in [0.15, 0.2) is 5.60 Å². The third-order valence-corrected chi connectivity index (χ3v) is 4.98. The second kappa shape index (κ2) is 9.01. The second-order valence-electron chi connectivity index (χ2n) is 7.95. The molecule has 0 aliphatic carbocycles. The molecule has 1 aromatic carbocycles. The lowest BCUT2D eigenvalue weighted by Crippen LogP contribution is -2.43. The quantitative estimate of drug-likeness (QED) is 0.368. The Morgan fingerprint density at radius 3 is 2.37 bits per heavy atom. The molecule has 0 bridgehead atoms. The number of hydrogen-bond acceptors (Lipinski definition) is 7. The van der Waals surface area contributed by atoms with Crippen LogP contribution in [0, 0.1) is 10.1 Å². The molecule has 2 rings (SSSR count). The minimum atomic E-state index is -1.35. The minimum absolute atomic E-state index is 0.0552. The van der Waals surface area contributed by atoms with Crippen LogP contribution in [-0.2, 0) is 16.1 Å². The van der Waals surface area contributed by atoms with E-state index in [-0.39, 0.29) is 23.9 Å². The molecular weight excluding hydrogens is 432 g/mol.